The Hall–Kier alpha value is -3.93. The Morgan fingerprint density at radius 1 is 0.844 bits per heavy atom. The van der Waals surface area contributed by atoms with Crippen molar-refractivity contribution < 1.29 is 9.59 Å². The lowest BCUT2D eigenvalue weighted by molar-refractivity contribution is -0.123. The van der Waals surface area contributed by atoms with Crippen LogP contribution in [-0.2, 0) is 16.0 Å². The summed E-state index contributed by atoms with van der Waals surface area (Å²) < 4.78 is 0. The fraction of sp³-hybridized carbons (Fsp3) is 0.192. The summed E-state index contributed by atoms with van der Waals surface area (Å²) in [5.41, 5.74) is 3.77. The van der Waals surface area contributed by atoms with Crippen LogP contribution in [-0.4, -0.2) is 21.8 Å². The Morgan fingerprint density at radius 2 is 1.50 bits per heavy atom. The van der Waals surface area contributed by atoms with Gasteiger partial charge in [0.2, 0.25) is 11.8 Å². The maximum Gasteiger partial charge on any atom is 0.223 e. The third kappa shape index (κ3) is 5.40. The first-order valence-corrected chi connectivity index (χ1v) is 10.7. The van der Waals surface area contributed by atoms with E-state index >= 15 is 0 Å². The maximum absolute atomic E-state index is 13.1. The predicted molar refractivity (Wildman–Crippen MR) is 125 cm³/mol. The van der Waals surface area contributed by atoms with Crippen LogP contribution in [0, 0.1) is 0 Å². The van der Waals surface area contributed by atoms with Gasteiger partial charge in [0, 0.05) is 6.92 Å². The van der Waals surface area contributed by atoms with E-state index < -0.39 is 6.04 Å². The van der Waals surface area contributed by atoms with Gasteiger partial charge in [-0.2, -0.15) is 0 Å². The Balaban J connectivity index is 1.56. The van der Waals surface area contributed by atoms with Crippen LogP contribution in [0.4, 0.5) is 0 Å². The van der Waals surface area contributed by atoms with Crippen LogP contribution in [0.3, 0.4) is 0 Å². The van der Waals surface area contributed by atoms with E-state index in [1.54, 1.807) is 0 Å². The molecule has 0 aliphatic rings. The van der Waals surface area contributed by atoms with E-state index in [4.69, 9.17) is 4.98 Å². The summed E-state index contributed by atoms with van der Waals surface area (Å²) >= 11 is 0. The lowest BCUT2D eigenvalue weighted by Gasteiger charge is -2.21. The second-order valence-corrected chi connectivity index (χ2v) is 7.82. The molecule has 0 spiro atoms. The maximum atomic E-state index is 13.1. The zero-order valence-corrected chi connectivity index (χ0v) is 17.9. The average molecular weight is 427 g/mol. The molecule has 4 aromatic rings. The number of aromatic nitrogens is 2. The zero-order valence-electron chi connectivity index (χ0n) is 17.9. The molecule has 0 aliphatic heterocycles. The highest BCUT2D eigenvalue weighted by Gasteiger charge is 2.22. The van der Waals surface area contributed by atoms with E-state index in [2.05, 4.69) is 15.6 Å². The van der Waals surface area contributed by atoms with Crippen molar-refractivity contribution in [2.24, 2.45) is 0 Å². The van der Waals surface area contributed by atoms with Gasteiger partial charge in [0.15, 0.2) is 0 Å². The Bertz CT molecular complexity index is 1160. The number of rotatable bonds is 8. The largest absolute Gasteiger partial charge is 0.349 e. The summed E-state index contributed by atoms with van der Waals surface area (Å²) in [6, 6.07) is 26.6. The van der Waals surface area contributed by atoms with E-state index in [1.165, 1.54) is 6.92 Å². The summed E-state index contributed by atoms with van der Waals surface area (Å²) in [4.78, 5) is 32.9. The molecule has 4 rings (SSSR count). The number of amides is 2. The highest BCUT2D eigenvalue weighted by atomic mass is 16.2. The van der Waals surface area contributed by atoms with Crippen LogP contribution in [0.1, 0.15) is 42.4 Å². The van der Waals surface area contributed by atoms with Crippen LogP contribution in [0.15, 0.2) is 84.9 Å². The van der Waals surface area contributed by atoms with Gasteiger partial charge in [0.25, 0.3) is 0 Å². The van der Waals surface area contributed by atoms with Crippen molar-refractivity contribution in [2.45, 2.75) is 31.8 Å². The third-order valence-corrected chi connectivity index (χ3v) is 5.32. The summed E-state index contributed by atoms with van der Waals surface area (Å²) in [7, 11) is 0. The number of imidazole rings is 1. The quantitative estimate of drug-likeness (QED) is 0.394. The van der Waals surface area contributed by atoms with Gasteiger partial charge in [-0.25, -0.2) is 4.98 Å². The molecule has 1 heterocycles. The van der Waals surface area contributed by atoms with Gasteiger partial charge in [-0.3, -0.25) is 9.59 Å². The number of nitrogens with one attached hydrogen (secondary N) is 3. The molecule has 0 radical (unpaired) electrons. The second-order valence-electron chi connectivity index (χ2n) is 7.82. The van der Waals surface area contributed by atoms with Crippen molar-refractivity contribution in [2.75, 3.05) is 0 Å². The number of nitrogens with zero attached hydrogens (tertiary/aromatic N) is 1. The van der Waals surface area contributed by atoms with E-state index in [0.717, 1.165) is 22.2 Å². The Labute approximate surface area is 187 Å². The number of carbonyl (C=O) groups excluding carboxylic acids is 2. The van der Waals surface area contributed by atoms with Gasteiger partial charge in [0.1, 0.15) is 5.82 Å². The lowest BCUT2D eigenvalue weighted by atomic mass is 10.0. The number of hydrogen-bond donors (Lipinski definition) is 3. The molecule has 6 heteroatoms. The molecule has 1 unspecified atom stereocenters. The Morgan fingerprint density at radius 3 is 2.19 bits per heavy atom. The minimum absolute atomic E-state index is 0.134. The first-order chi connectivity index (χ1) is 15.6. The zero-order chi connectivity index (χ0) is 22.3. The minimum atomic E-state index is -0.401. The van der Waals surface area contributed by atoms with Gasteiger partial charge >= 0.3 is 0 Å². The van der Waals surface area contributed by atoms with Crippen molar-refractivity contribution in [1.29, 1.82) is 0 Å². The van der Waals surface area contributed by atoms with Gasteiger partial charge in [0.05, 0.1) is 29.5 Å². The number of aromatic amines is 1. The van der Waals surface area contributed by atoms with Gasteiger partial charge in [-0.05, 0) is 29.7 Å². The normalized spacial score (nSPS) is 12.8. The standard InChI is InChI=1S/C26H26N4O2/c1-18(31)27-23(20-12-6-3-7-13-20)17-25(32)28-24(16-19-10-4-2-5-11-19)26-29-21-14-8-9-15-22(21)30-26/h2-15,23-24H,16-17H2,1H3,(H,27,31)(H,28,32)(H,29,30)/t23?,24-/m0/s1. The first-order valence-electron chi connectivity index (χ1n) is 10.7. The van der Waals surface area contributed by atoms with Crippen LogP contribution in [0.5, 0.6) is 0 Å². The van der Waals surface area contributed by atoms with Crippen molar-refractivity contribution in [3.05, 3.63) is 102 Å². The van der Waals surface area contributed by atoms with Crippen LogP contribution in [0.25, 0.3) is 11.0 Å². The van der Waals surface area contributed by atoms with Crippen molar-refractivity contribution in [1.82, 2.24) is 20.6 Å². The molecule has 3 N–H and O–H groups in total. The molecule has 0 aliphatic carbocycles. The molecule has 0 bridgehead atoms. The number of hydrogen-bond acceptors (Lipinski definition) is 3. The van der Waals surface area contributed by atoms with E-state index in [1.807, 2.05) is 84.9 Å². The monoisotopic (exact) mass is 426 g/mol. The summed E-state index contributed by atoms with van der Waals surface area (Å²) in [5.74, 6) is 0.373. The molecule has 32 heavy (non-hydrogen) atoms. The lowest BCUT2D eigenvalue weighted by Crippen LogP contribution is -2.35. The summed E-state index contributed by atoms with van der Waals surface area (Å²) in [5, 5.41) is 6.02. The fourth-order valence-electron chi connectivity index (χ4n) is 3.82. The van der Waals surface area contributed by atoms with E-state index in [-0.39, 0.29) is 24.3 Å². The van der Waals surface area contributed by atoms with Crippen molar-refractivity contribution >= 4 is 22.8 Å². The Kier molecular flexibility index (Phi) is 6.60. The summed E-state index contributed by atoms with van der Waals surface area (Å²) in [6.45, 7) is 1.46. The van der Waals surface area contributed by atoms with Crippen LogP contribution in [0.2, 0.25) is 0 Å². The topological polar surface area (TPSA) is 86.9 Å². The van der Waals surface area contributed by atoms with Gasteiger partial charge in [-0.1, -0.05) is 72.8 Å². The number of H-pyrrole nitrogens is 1. The van der Waals surface area contributed by atoms with E-state index in [0.29, 0.717) is 12.2 Å². The number of fused-ring (bicyclic) bond motifs is 1. The predicted octanol–water partition coefficient (Wildman–Crippen LogP) is 4.23. The molecule has 162 valence electrons. The van der Waals surface area contributed by atoms with Crippen molar-refractivity contribution in [3.63, 3.8) is 0 Å². The van der Waals surface area contributed by atoms with Crippen LogP contribution >= 0.6 is 0 Å². The van der Waals surface area contributed by atoms with Crippen LogP contribution < -0.4 is 10.6 Å². The number of para-hydroxylation sites is 2. The highest BCUT2D eigenvalue weighted by molar-refractivity contribution is 5.80. The highest BCUT2D eigenvalue weighted by Crippen LogP contribution is 2.22. The second kappa shape index (κ2) is 9.92. The molecule has 2 amide bonds. The first kappa shape index (κ1) is 21.3. The summed E-state index contributed by atoms with van der Waals surface area (Å²) in [6.07, 6.45) is 0.734. The molecular weight excluding hydrogens is 400 g/mol. The smallest absolute Gasteiger partial charge is 0.223 e. The minimum Gasteiger partial charge on any atom is -0.349 e. The molecule has 0 fully saturated rings. The molecule has 3 aromatic carbocycles. The number of benzene rings is 3. The van der Waals surface area contributed by atoms with Gasteiger partial charge in [-0.15, -0.1) is 0 Å². The molecule has 0 saturated carbocycles. The third-order valence-electron chi connectivity index (χ3n) is 5.32. The average Bonchev–Trinajstić information content (AvgIpc) is 3.23. The molecule has 1 aromatic heterocycles. The van der Waals surface area contributed by atoms with Crippen molar-refractivity contribution in [3.8, 4) is 0 Å². The molecule has 0 saturated heterocycles. The number of carbonyl (C=O) groups is 2. The fourth-order valence-corrected chi connectivity index (χ4v) is 3.82. The van der Waals surface area contributed by atoms with E-state index in [9.17, 15) is 9.59 Å². The van der Waals surface area contributed by atoms with Gasteiger partial charge < -0.3 is 15.6 Å². The molecular formula is C26H26N4O2. The SMILES string of the molecule is CC(=O)NC(CC(=O)N[C@@H](Cc1ccccc1)c1nc2ccccc2[nH]1)c1ccccc1. The molecule has 2 atom stereocenters. The molecule has 6 nitrogen and oxygen atoms in total.